The molecule has 0 aliphatic rings. The van der Waals surface area contributed by atoms with Gasteiger partial charge in [0.2, 0.25) is 10.0 Å². The molecule has 0 aliphatic carbocycles. The second-order valence-corrected chi connectivity index (χ2v) is 7.65. The summed E-state index contributed by atoms with van der Waals surface area (Å²) < 4.78 is 45.7. The van der Waals surface area contributed by atoms with Crippen LogP contribution in [0.4, 0.5) is 10.1 Å². The number of halogens is 2. The van der Waals surface area contributed by atoms with Crippen molar-refractivity contribution in [1.29, 1.82) is 0 Å². The summed E-state index contributed by atoms with van der Waals surface area (Å²) >= 11 is 5.62. The van der Waals surface area contributed by atoms with Crippen molar-refractivity contribution < 1.29 is 22.0 Å². The fraction of sp³-hybridized carbons (Fsp3) is 0.0556. The van der Waals surface area contributed by atoms with Crippen molar-refractivity contribution in [3.8, 4) is 0 Å². The summed E-state index contributed by atoms with van der Waals surface area (Å²) in [5, 5.41) is 2.38. The highest BCUT2D eigenvalue weighted by atomic mass is 35.5. The molecule has 1 aromatic heterocycles. The number of benzene rings is 2. The number of hydrogen-bond donors (Lipinski definition) is 2. The van der Waals surface area contributed by atoms with Crippen molar-refractivity contribution >= 4 is 33.2 Å². The van der Waals surface area contributed by atoms with Gasteiger partial charge in [0.25, 0.3) is 5.91 Å². The van der Waals surface area contributed by atoms with Crippen LogP contribution < -0.4 is 10.0 Å². The van der Waals surface area contributed by atoms with Crippen LogP contribution in [-0.4, -0.2) is 14.3 Å². The lowest BCUT2D eigenvalue weighted by atomic mass is 10.2. The van der Waals surface area contributed by atoms with E-state index in [4.69, 9.17) is 16.0 Å². The Kier molecular flexibility index (Phi) is 5.59. The van der Waals surface area contributed by atoms with E-state index in [1.54, 1.807) is 30.3 Å². The Morgan fingerprint density at radius 3 is 2.48 bits per heavy atom. The topological polar surface area (TPSA) is 88.4 Å². The Morgan fingerprint density at radius 1 is 1.07 bits per heavy atom. The number of carbonyl (C=O) groups is 1. The van der Waals surface area contributed by atoms with Gasteiger partial charge in [-0.3, -0.25) is 4.79 Å². The SMILES string of the molecule is O=C(Nc1ccc(CNS(=O)(=O)c2cccc(Cl)c2F)cc1)c1ccco1. The van der Waals surface area contributed by atoms with Crippen molar-refractivity contribution in [3.05, 3.63) is 83.0 Å². The molecule has 2 N–H and O–H groups in total. The summed E-state index contributed by atoms with van der Waals surface area (Å²) in [6.07, 6.45) is 1.40. The molecule has 0 spiro atoms. The molecule has 3 rings (SSSR count). The third-order valence-corrected chi connectivity index (χ3v) is 5.34. The Bertz CT molecular complexity index is 1050. The Hall–Kier alpha value is -2.68. The smallest absolute Gasteiger partial charge is 0.291 e. The second kappa shape index (κ2) is 7.91. The Labute approximate surface area is 160 Å². The zero-order valence-corrected chi connectivity index (χ0v) is 15.4. The average molecular weight is 409 g/mol. The summed E-state index contributed by atoms with van der Waals surface area (Å²) in [4.78, 5) is 11.4. The molecule has 140 valence electrons. The maximum atomic E-state index is 13.9. The average Bonchev–Trinajstić information content (AvgIpc) is 3.18. The molecular weight excluding hydrogens is 395 g/mol. The highest BCUT2D eigenvalue weighted by molar-refractivity contribution is 7.89. The lowest BCUT2D eigenvalue weighted by Crippen LogP contribution is -2.24. The van der Waals surface area contributed by atoms with Crippen LogP contribution in [0, 0.1) is 5.82 Å². The van der Waals surface area contributed by atoms with Crippen LogP contribution in [-0.2, 0) is 16.6 Å². The van der Waals surface area contributed by atoms with Gasteiger partial charge < -0.3 is 9.73 Å². The molecule has 1 amide bonds. The molecule has 6 nitrogen and oxygen atoms in total. The van der Waals surface area contributed by atoms with Crippen LogP contribution in [0.5, 0.6) is 0 Å². The molecule has 1 heterocycles. The molecule has 9 heteroatoms. The van der Waals surface area contributed by atoms with Crippen LogP contribution in [0.3, 0.4) is 0 Å². The van der Waals surface area contributed by atoms with Crippen LogP contribution in [0.1, 0.15) is 16.1 Å². The van der Waals surface area contributed by atoms with Gasteiger partial charge in [-0.15, -0.1) is 0 Å². The standard InChI is InChI=1S/C18H14ClFN2O4S/c19-14-3-1-5-16(17(14)20)27(24,25)21-11-12-6-8-13(9-7-12)22-18(23)15-4-2-10-26-15/h1-10,21H,11H2,(H,22,23). The van der Waals surface area contributed by atoms with E-state index in [2.05, 4.69) is 10.0 Å². The minimum Gasteiger partial charge on any atom is -0.459 e. The van der Waals surface area contributed by atoms with Crippen molar-refractivity contribution in [1.82, 2.24) is 4.72 Å². The highest BCUT2D eigenvalue weighted by Crippen LogP contribution is 2.22. The van der Waals surface area contributed by atoms with Crippen molar-refractivity contribution in [2.75, 3.05) is 5.32 Å². The lowest BCUT2D eigenvalue weighted by molar-refractivity contribution is 0.0996. The van der Waals surface area contributed by atoms with E-state index in [0.717, 1.165) is 6.07 Å². The van der Waals surface area contributed by atoms with E-state index < -0.39 is 26.6 Å². The molecule has 0 unspecified atom stereocenters. The first-order valence-corrected chi connectivity index (χ1v) is 9.60. The molecule has 2 aromatic carbocycles. The van der Waals surface area contributed by atoms with Gasteiger partial charge in [0.15, 0.2) is 11.6 Å². The fourth-order valence-electron chi connectivity index (χ4n) is 2.25. The maximum absolute atomic E-state index is 13.9. The van der Waals surface area contributed by atoms with E-state index in [9.17, 15) is 17.6 Å². The highest BCUT2D eigenvalue weighted by Gasteiger charge is 2.20. The van der Waals surface area contributed by atoms with Crippen LogP contribution in [0.2, 0.25) is 5.02 Å². The third-order valence-electron chi connectivity index (χ3n) is 3.63. The zero-order valence-electron chi connectivity index (χ0n) is 13.8. The zero-order chi connectivity index (χ0) is 19.4. The Morgan fingerprint density at radius 2 is 1.81 bits per heavy atom. The van der Waals surface area contributed by atoms with E-state index in [0.29, 0.717) is 11.3 Å². The summed E-state index contributed by atoms with van der Waals surface area (Å²) in [6.45, 7) is -0.0549. The molecular formula is C18H14ClFN2O4S. The lowest BCUT2D eigenvalue weighted by Gasteiger charge is -2.09. The number of amides is 1. The number of rotatable bonds is 6. The summed E-state index contributed by atoms with van der Waals surface area (Å²) in [5.41, 5.74) is 1.14. The monoisotopic (exact) mass is 408 g/mol. The van der Waals surface area contributed by atoms with Gasteiger partial charge in [0, 0.05) is 12.2 Å². The molecule has 0 aliphatic heterocycles. The van der Waals surface area contributed by atoms with E-state index in [1.165, 1.54) is 24.5 Å². The normalized spacial score (nSPS) is 11.3. The van der Waals surface area contributed by atoms with Gasteiger partial charge in [-0.1, -0.05) is 29.8 Å². The largest absolute Gasteiger partial charge is 0.459 e. The summed E-state index contributed by atoms with van der Waals surface area (Å²) in [7, 11) is -4.06. The Balaban J connectivity index is 1.65. The van der Waals surface area contributed by atoms with E-state index in [-0.39, 0.29) is 17.3 Å². The van der Waals surface area contributed by atoms with Gasteiger partial charge >= 0.3 is 0 Å². The fourth-order valence-corrected chi connectivity index (χ4v) is 3.60. The minimum absolute atomic E-state index is 0.0549. The summed E-state index contributed by atoms with van der Waals surface area (Å²) in [6, 6.07) is 13.4. The van der Waals surface area contributed by atoms with Crippen molar-refractivity contribution in [2.45, 2.75) is 11.4 Å². The van der Waals surface area contributed by atoms with E-state index in [1.807, 2.05) is 0 Å². The number of sulfonamides is 1. The molecule has 3 aromatic rings. The van der Waals surface area contributed by atoms with Crippen LogP contribution in [0.25, 0.3) is 0 Å². The number of furan rings is 1. The van der Waals surface area contributed by atoms with Gasteiger partial charge in [-0.2, -0.15) is 0 Å². The quantitative estimate of drug-likeness (QED) is 0.649. The third kappa shape index (κ3) is 4.54. The van der Waals surface area contributed by atoms with Gasteiger partial charge in [-0.25, -0.2) is 17.5 Å². The number of anilines is 1. The summed E-state index contributed by atoms with van der Waals surface area (Å²) in [5.74, 6) is -1.22. The van der Waals surface area contributed by atoms with E-state index >= 15 is 0 Å². The number of nitrogens with one attached hydrogen (secondary N) is 2. The first kappa shape index (κ1) is 19.1. The van der Waals surface area contributed by atoms with Crippen LogP contribution >= 0.6 is 11.6 Å². The molecule has 0 bridgehead atoms. The first-order chi connectivity index (χ1) is 12.9. The van der Waals surface area contributed by atoms with Gasteiger partial charge in [0.05, 0.1) is 11.3 Å². The first-order valence-electron chi connectivity index (χ1n) is 7.74. The van der Waals surface area contributed by atoms with Crippen LogP contribution in [0.15, 0.2) is 70.2 Å². The number of hydrogen-bond acceptors (Lipinski definition) is 4. The maximum Gasteiger partial charge on any atom is 0.291 e. The second-order valence-electron chi connectivity index (χ2n) is 5.50. The molecule has 0 atom stereocenters. The predicted molar refractivity (Wildman–Crippen MR) is 98.5 cm³/mol. The molecule has 0 radical (unpaired) electrons. The molecule has 0 fully saturated rings. The predicted octanol–water partition coefficient (Wildman–Crippen LogP) is 3.80. The van der Waals surface area contributed by atoms with Gasteiger partial charge in [-0.05, 0) is 42.0 Å². The van der Waals surface area contributed by atoms with Crippen molar-refractivity contribution in [3.63, 3.8) is 0 Å². The molecule has 27 heavy (non-hydrogen) atoms. The number of carbonyl (C=O) groups excluding carboxylic acids is 1. The molecule has 0 saturated carbocycles. The molecule has 0 saturated heterocycles. The van der Waals surface area contributed by atoms with Crippen molar-refractivity contribution in [2.24, 2.45) is 0 Å². The minimum atomic E-state index is -4.06. The van der Waals surface area contributed by atoms with Gasteiger partial charge in [0.1, 0.15) is 4.90 Å².